The number of ether oxygens (including phenoxy) is 1. The summed E-state index contributed by atoms with van der Waals surface area (Å²) in [7, 11) is 1.21. The number of aliphatic carboxylic acids is 1. The number of carbonyl (C=O) groups is 2. The molecular weight excluding hydrogens is 362 g/mol. The van der Waals surface area contributed by atoms with Gasteiger partial charge in [-0.15, -0.1) is 0 Å². The fraction of sp³-hybridized carbons (Fsp3) is 0.176. The Morgan fingerprint density at radius 2 is 2.00 bits per heavy atom. The largest absolute Gasteiger partial charge is 0.481 e. The SMILES string of the molecule is COC(=O)c1cn([C@H](CC(=O)O)c2ccc(Cl)cc2)cc2c(=O)[nH]nc1-2. The summed E-state index contributed by atoms with van der Waals surface area (Å²) < 4.78 is 6.25. The summed E-state index contributed by atoms with van der Waals surface area (Å²) in [6.07, 6.45) is 2.64. The van der Waals surface area contributed by atoms with Crippen LogP contribution in [0.2, 0.25) is 5.02 Å². The monoisotopic (exact) mass is 375 g/mol. The van der Waals surface area contributed by atoms with Gasteiger partial charge in [0.15, 0.2) is 0 Å². The molecule has 0 radical (unpaired) electrons. The van der Waals surface area contributed by atoms with Gasteiger partial charge in [-0.25, -0.2) is 9.89 Å². The second-order valence-corrected chi connectivity index (χ2v) is 6.03. The van der Waals surface area contributed by atoms with Crippen LogP contribution in [0.25, 0.3) is 11.3 Å². The average molecular weight is 376 g/mol. The van der Waals surface area contributed by atoms with E-state index in [0.717, 1.165) is 0 Å². The minimum absolute atomic E-state index is 0.0627. The highest BCUT2D eigenvalue weighted by Gasteiger charge is 2.25. The Bertz CT molecular complexity index is 992. The number of carboxylic acid groups (broad SMARTS) is 1. The number of carbonyl (C=O) groups excluding carboxylic acids is 1. The second-order valence-electron chi connectivity index (χ2n) is 5.59. The molecule has 2 N–H and O–H groups in total. The maximum absolute atomic E-state index is 12.1. The van der Waals surface area contributed by atoms with E-state index in [9.17, 15) is 19.5 Å². The van der Waals surface area contributed by atoms with Crippen molar-refractivity contribution < 1.29 is 19.4 Å². The number of pyridine rings is 1. The van der Waals surface area contributed by atoms with Gasteiger partial charge in [-0.05, 0) is 17.7 Å². The van der Waals surface area contributed by atoms with Gasteiger partial charge < -0.3 is 14.4 Å². The van der Waals surface area contributed by atoms with Gasteiger partial charge in [0.2, 0.25) is 0 Å². The predicted octanol–water partition coefficient (Wildman–Crippen LogP) is 2.18. The van der Waals surface area contributed by atoms with Crippen molar-refractivity contribution in [1.29, 1.82) is 0 Å². The van der Waals surface area contributed by atoms with Gasteiger partial charge in [-0.3, -0.25) is 9.59 Å². The van der Waals surface area contributed by atoms with Gasteiger partial charge in [0, 0.05) is 17.4 Å². The van der Waals surface area contributed by atoms with E-state index in [1.54, 1.807) is 24.3 Å². The number of fused-ring (bicyclic) bond motifs is 1. The molecule has 0 aliphatic carbocycles. The molecule has 0 spiro atoms. The number of H-pyrrole nitrogens is 1. The number of rotatable bonds is 5. The first kappa shape index (κ1) is 17.7. The van der Waals surface area contributed by atoms with Crippen LogP contribution in [0.3, 0.4) is 0 Å². The number of halogens is 1. The van der Waals surface area contributed by atoms with Crippen molar-refractivity contribution in [1.82, 2.24) is 14.8 Å². The number of aromatic amines is 1. The summed E-state index contributed by atoms with van der Waals surface area (Å²) in [5.41, 5.74) is 0.575. The number of hydrogen-bond donors (Lipinski definition) is 2. The zero-order valence-electron chi connectivity index (χ0n) is 13.6. The van der Waals surface area contributed by atoms with Gasteiger partial charge in [-0.1, -0.05) is 23.7 Å². The highest BCUT2D eigenvalue weighted by atomic mass is 35.5. The number of hydrogen-bond acceptors (Lipinski definition) is 5. The Morgan fingerprint density at radius 1 is 1.31 bits per heavy atom. The number of nitrogens with zero attached hydrogens (tertiary/aromatic N) is 2. The summed E-state index contributed by atoms with van der Waals surface area (Å²) in [5.74, 6) is -1.72. The molecule has 3 rings (SSSR count). The third kappa shape index (κ3) is 3.31. The van der Waals surface area contributed by atoms with Crippen LogP contribution < -0.4 is 5.56 Å². The maximum Gasteiger partial charge on any atom is 0.341 e. The zero-order chi connectivity index (χ0) is 18.8. The molecule has 134 valence electrons. The average Bonchev–Trinajstić information content (AvgIpc) is 3.00. The molecule has 9 heteroatoms. The molecule has 8 nitrogen and oxygen atoms in total. The molecule has 1 atom stereocenters. The molecular formula is C17H14ClN3O5. The number of benzene rings is 1. The first-order valence-corrected chi connectivity index (χ1v) is 7.94. The molecule has 26 heavy (non-hydrogen) atoms. The number of nitrogens with one attached hydrogen (secondary N) is 1. The molecule has 0 fully saturated rings. The summed E-state index contributed by atoms with van der Waals surface area (Å²) in [6, 6.07) is 6.01. The van der Waals surface area contributed by atoms with E-state index in [1.807, 2.05) is 0 Å². The number of esters is 1. The van der Waals surface area contributed by atoms with Gasteiger partial charge in [0.05, 0.1) is 25.1 Å². The first-order chi connectivity index (χ1) is 12.4. The Hall–Kier alpha value is -3.13. The Kier molecular flexibility index (Phi) is 4.77. The van der Waals surface area contributed by atoms with Crippen molar-refractivity contribution in [3.63, 3.8) is 0 Å². The van der Waals surface area contributed by atoms with E-state index in [2.05, 4.69) is 10.2 Å². The van der Waals surface area contributed by atoms with Crippen LogP contribution >= 0.6 is 11.6 Å². The lowest BCUT2D eigenvalue weighted by molar-refractivity contribution is -0.137. The highest BCUT2D eigenvalue weighted by Crippen LogP contribution is 2.28. The summed E-state index contributed by atoms with van der Waals surface area (Å²) >= 11 is 5.90. The molecule has 2 aliphatic heterocycles. The molecule has 2 aliphatic rings. The smallest absolute Gasteiger partial charge is 0.341 e. The van der Waals surface area contributed by atoms with Crippen molar-refractivity contribution in [2.75, 3.05) is 7.11 Å². The molecule has 0 amide bonds. The second kappa shape index (κ2) is 7.01. The van der Waals surface area contributed by atoms with E-state index in [1.165, 1.54) is 24.1 Å². The van der Waals surface area contributed by atoms with Crippen LogP contribution in [0.1, 0.15) is 28.4 Å². The van der Waals surface area contributed by atoms with Crippen LogP contribution in [0.4, 0.5) is 0 Å². The fourth-order valence-corrected chi connectivity index (χ4v) is 2.87. The van der Waals surface area contributed by atoms with Crippen LogP contribution in [0.15, 0.2) is 41.5 Å². The van der Waals surface area contributed by atoms with Crippen molar-refractivity contribution in [2.24, 2.45) is 0 Å². The van der Waals surface area contributed by atoms with Gasteiger partial charge in [0.1, 0.15) is 11.3 Å². The van der Waals surface area contributed by atoms with Gasteiger partial charge in [-0.2, -0.15) is 5.10 Å². The molecule has 0 unspecified atom stereocenters. The minimum atomic E-state index is -1.04. The first-order valence-electron chi connectivity index (χ1n) is 7.56. The number of methoxy groups -OCH3 is 1. The lowest BCUT2D eigenvalue weighted by atomic mass is 10.0. The standard InChI is InChI=1S/C17H14ClN3O5/c1-26-17(25)12-8-21(7-11-15(12)19-20-16(11)24)13(6-14(22)23)9-2-4-10(18)5-3-9/h2-5,7-8,13H,6H2,1H3,(H,20,24)(H,22,23)/t13-/m1/s1. The predicted molar refractivity (Wildman–Crippen MR) is 92.7 cm³/mol. The molecule has 2 heterocycles. The van der Waals surface area contributed by atoms with E-state index in [-0.39, 0.29) is 23.2 Å². The molecule has 0 saturated heterocycles. The zero-order valence-corrected chi connectivity index (χ0v) is 14.4. The van der Waals surface area contributed by atoms with Crippen LogP contribution in [-0.4, -0.2) is 38.9 Å². The van der Waals surface area contributed by atoms with Gasteiger partial charge in [0.25, 0.3) is 5.56 Å². The minimum Gasteiger partial charge on any atom is -0.481 e. The van der Waals surface area contributed by atoms with Crippen LogP contribution in [-0.2, 0) is 9.53 Å². The molecule has 0 bridgehead atoms. The number of carboxylic acids is 1. The van der Waals surface area contributed by atoms with Crippen molar-refractivity contribution in [3.8, 4) is 11.3 Å². The summed E-state index contributed by atoms with van der Waals surface area (Å²) in [6.45, 7) is 0. The normalized spacial score (nSPS) is 12.1. The van der Waals surface area contributed by atoms with Crippen LogP contribution in [0.5, 0.6) is 0 Å². The molecule has 1 aromatic rings. The van der Waals surface area contributed by atoms with Crippen LogP contribution in [0, 0.1) is 0 Å². The lowest BCUT2D eigenvalue weighted by Crippen LogP contribution is -2.19. The highest BCUT2D eigenvalue weighted by molar-refractivity contribution is 6.30. The number of aromatic nitrogens is 3. The van der Waals surface area contributed by atoms with E-state index in [0.29, 0.717) is 10.6 Å². The Labute approximate surface area is 152 Å². The summed E-state index contributed by atoms with van der Waals surface area (Å²) in [4.78, 5) is 35.5. The van der Waals surface area contributed by atoms with E-state index in [4.69, 9.17) is 16.3 Å². The van der Waals surface area contributed by atoms with Crippen molar-refractivity contribution in [2.45, 2.75) is 12.5 Å². The quantitative estimate of drug-likeness (QED) is 0.660. The van der Waals surface area contributed by atoms with Gasteiger partial charge >= 0.3 is 11.9 Å². The molecule has 0 saturated carbocycles. The topological polar surface area (TPSA) is 114 Å². The Balaban J connectivity index is 2.21. The third-order valence-corrected chi connectivity index (χ3v) is 4.22. The Morgan fingerprint density at radius 3 is 2.62 bits per heavy atom. The van der Waals surface area contributed by atoms with Crippen molar-refractivity contribution in [3.05, 3.63) is 63.2 Å². The molecule has 1 aromatic carbocycles. The summed E-state index contributed by atoms with van der Waals surface area (Å²) in [5, 5.41) is 15.9. The third-order valence-electron chi connectivity index (χ3n) is 3.97. The molecule has 0 aromatic heterocycles. The maximum atomic E-state index is 12.1. The fourth-order valence-electron chi connectivity index (χ4n) is 2.74. The van der Waals surface area contributed by atoms with Crippen molar-refractivity contribution >= 4 is 23.5 Å². The van der Waals surface area contributed by atoms with E-state index >= 15 is 0 Å². The van der Waals surface area contributed by atoms with E-state index < -0.39 is 23.5 Å². The lowest BCUT2D eigenvalue weighted by Gasteiger charge is -2.21.